The van der Waals surface area contributed by atoms with Gasteiger partial charge in [-0.3, -0.25) is 0 Å². The molecule has 4 rings (SSSR count). The van der Waals surface area contributed by atoms with E-state index in [0.717, 1.165) is 16.7 Å². The molecular formula is C25H32O10. The molecule has 0 amide bonds. The van der Waals surface area contributed by atoms with Gasteiger partial charge in [-0.2, -0.15) is 0 Å². The van der Waals surface area contributed by atoms with E-state index in [-0.39, 0.29) is 48.2 Å². The maximum Gasteiger partial charge on any atom is 0.186 e. The number of rotatable bonds is 8. The highest BCUT2D eigenvalue weighted by atomic mass is 16.7. The summed E-state index contributed by atoms with van der Waals surface area (Å²) in [6.07, 6.45) is -4.25. The second kappa shape index (κ2) is 10.6. The standard InChI is InChI=1S/C25H32O10/c1-32-19-6-12(3-4-17(19)28)22-15-8-18(29)20(33-2)7-13(15)5-14(9-26)16(22)11-34-25-24(31)23(30)21(10-27)35-25/h3-4,6-8,14,16,21-31H,5,9-11H2,1-2H3. The summed E-state index contributed by atoms with van der Waals surface area (Å²) in [6.45, 7) is -0.582. The second-order valence-corrected chi connectivity index (χ2v) is 8.98. The topological polar surface area (TPSA) is 158 Å². The van der Waals surface area contributed by atoms with Gasteiger partial charge in [-0.05, 0) is 59.2 Å². The number of methoxy groups -OCH3 is 2. The molecule has 1 aliphatic carbocycles. The van der Waals surface area contributed by atoms with E-state index in [9.17, 15) is 30.6 Å². The lowest BCUT2D eigenvalue weighted by Gasteiger charge is -2.40. The Hall–Kier alpha value is -2.60. The SMILES string of the molecule is COc1cc(C2c3cc(O)c(OC)cc3CC(CO)C2COC2OC(CO)C(O)C2O)ccc1O. The molecule has 2 aromatic carbocycles. The molecule has 0 spiro atoms. The first-order chi connectivity index (χ1) is 16.8. The zero-order valence-electron chi connectivity index (χ0n) is 19.6. The summed E-state index contributed by atoms with van der Waals surface area (Å²) in [5.74, 6) is -0.455. The normalized spacial score (nSPS) is 30.2. The quantitative estimate of drug-likeness (QED) is 0.306. The number of benzene rings is 2. The van der Waals surface area contributed by atoms with Crippen LogP contribution in [-0.2, 0) is 15.9 Å². The average molecular weight is 493 g/mol. The second-order valence-electron chi connectivity index (χ2n) is 8.98. The molecule has 6 N–H and O–H groups in total. The van der Waals surface area contributed by atoms with Gasteiger partial charge in [0.05, 0.1) is 27.4 Å². The molecule has 10 nitrogen and oxygen atoms in total. The van der Waals surface area contributed by atoms with E-state index >= 15 is 0 Å². The Morgan fingerprint density at radius 2 is 1.63 bits per heavy atom. The predicted molar refractivity (Wildman–Crippen MR) is 123 cm³/mol. The number of hydrogen-bond donors (Lipinski definition) is 6. The van der Waals surface area contributed by atoms with Crippen molar-refractivity contribution in [3.63, 3.8) is 0 Å². The van der Waals surface area contributed by atoms with Crippen molar-refractivity contribution in [2.75, 3.05) is 34.0 Å². The minimum absolute atomic E-state index is 0.0251. The van der Waals surface area contributed by atoms with Crippen molar-refractivity contribution in [2.24, 2.45) is 11.8 Å². The van der Waals surface area contributed by atoms with Gasteiger partial charge in [0, 0.05) is 12.5 Å². The third-order valence-electron chi connectivity index (χ3n) is 7.04. The van der Waals surface area contributed by atoms with Crippen LogP contribution >= 0.6 is 0 Å². The Bertz CT molecular complexity index is 1030. The predicted octanol–water partition coefficient (Wildman–Crippen LogP) is 0.483. The maximum atomic E-state index is 10.5. The lowest BCUT2D eigenvalue weighted by molar-refractivity contribution is -0.179. The van der Waals surface area contributed by atoms with Crippen LogP contribution in [-0.4, -0.2) is 89.3 Å². The van der Waals surface area contributed by atoms with Gasteiger partial charge < -0.3 is 49.6 Å². The van der Waals surface area contributed by atoms with Crippen molar-refractivity contribution < 1.29 is 49.6 Å². The molecular weight excluding hydrogens is 460 g/mol. The molecule has 0 saturated carbocycles. The maximum absolute atomic E-state index is 10.5. The highest BCUT2D eigenvalue weighted by Crippen LogP contribution is 2.48. The summed E-state index contributed by atoms with van der Waals surface area (Å²) >= 11 is 0. The first kappa shape index (κ1) is 25.5. The number of aliphatic hydroxyl groups excluding tert-OH is 4. The van der Waals surface area contributed by atoms with Crippen molar-refractivity contribution in [1.29, 1.82) is 0 Å². The average Bonchev–Trinajstić information content (AvgIpc) is 3.14. The van der Waals surface area contributed by atoms with E-state index in [1.54, 1.807) is 24.3 Å². The number of aliphatic hydroxyl groups is 4. The molecule has 10 heteroatoms. The van der Waals surface area contributed by atoms with Gasteiger partial charge in [0.15, 0.2) is 29.3 Å². The minimum Gasteiger partial charge on any atom is -0.504 e. The number of ether oxygens (including phenoxy) is 4. The van der Waals surface area contributed by atoms with Gasteiger partial charge in [0.2, 0.25) is 0 Å². The lowest BCUT2D eigenvalue weighted by atomic mass is 9.67. The summed E-state index contributed by atoms with van der Waals surface area (Å²) in [7, 11) is 2.91. The fourth-order valence-corrected chi connectivity index (χ4v) is 5.15. The van der Waals surface area contributed by atoms with E-state index in [2.05, 4.69) is 0 Å². The van der Waals surface area contributed by atoms with Crippen LogP contribution in [0.25, 0.3) is 0 Å². The van der Waals surface area contributed by atoms with E-state index in [0.29, 0.717) is 12.2 Å². The van der Waals surface area contributed by atoms with Crippen molar-refractivity contribution in [1.82, 2.24) is 0 Å². The third kappa shape index (κ3) is 4.77. The fourth-order valence-electron chi connectivity index (χ4n) is 5.15. The summed E-state index contributed by atoms with van der Waals surface area (Å²) in [5, 5.41) is 60.6. The first-order valence-corrected chi connectivity index (χ1v) is 11.4. The molecule has 2 aromatic rings. The van der Waals surface area contributed by atoms with Crippen molar-refractivity contribution in [3.8, 4) is 23.0 Å². The van der Waals surface area contributed by atoms with Crippen LogP contribution in [0.3, 0.4) is 0 Å². The summed E-state index contributed by atoms with van der Waals surface area (Å²) in [4.78, 5) is 0. The first-order valence-electron chi connectivity index (χ1n) is 11.4. The molecule has 1 saturated heterocycles. The summed E-state index contributed by atoms with van der Waals surface area (Å²) in [5.41, 5.74) is 2.45. The van der Waals surface area contributed by atoms with Crippen LogP contribution in [0.1, 0.15) is 22.6 Å². The fraction of sp³-hybridized carbons (Fsp3) is 0.520. The van der Waals surface area contributed by atoms with E-state index in [4.69, 9.17) is 18.9 Å². The van der Waals surface area contributed by atoms with Crippen LogP contribution in [0.4, 0.5) is 0 Å². The number of phenols is 2. The molecule has 192 valence electrons. The van der Waals surface area contributed by atoms with Crippen LogP contribution in [0.2, 0.25) is 0 Å². The molecule has 7 atom stereocenters. The third-order valence-corrected chi connectivity index (χ3v) is 7.04. The highest BCUT2D eigenvalue weighted by Gasteiger charge is 2.45. The van der Waals surface area contributed by atoms with Crippen molar-refractivity contribution in [2.45, 2.75) is 36.9 Å². The molecule has 35 heavy (non-hydrogen) atoms. The van der Waals surface area contributed by atoms with Gasteiger partial charge >= 0.3 is 0 Å². The Morgan fingerprint density at radius 1 is 0.914 bits per heavy atom. The molecule has 7 unspecified atom stereocenters. The Morgan fingerprint density at radius 3 is 2.26 bits per heavy atom. The largest absolute Gasteiger partial charge is 0.504 e. The molecule has 1 heterocycles. The molecule has 1 aliphatic heterocycles. The Labute approximate surface area is 202 Å². The van der Waals surface area contributed by atoms with Crippen LogP contribution < -0.4 is 9.47 Å². The molecule has 0 aromatic heterocycles. The van der Waals surface area contributed by atoms with E-state index in [1.807, 2.05) is 0 Å². The number of fused-ring (bicyclic) bond motifs is 1. The van der Waals surface area contributed by atoms with E-state index in [1.165, 1.54) is 20.3 Å². The zero-order valence-corrected chi connectivity index (χ0v) is 19.6. The molecule has 0 radical (unpaired) electrons. The number of hydrogen-bond acceptors (Lipinski definition) is 10. The summed E-state index contributed by atoms with van der Waals surface area (Å²) < 4.78 is 21.9. The van der Waals surface area contributed by atoms with Crippen LogP contribution in [0, 0.1) is 11.8 Å². The van der Waals surface area contributed by atoms with Crippen LogP contribution in [0.5, 0.6) is 23.0 Å². The molecule has 2 aliphatic rings. The monoisotopic (exact) mass is 492 g/mol. The smallest absolute Gasteiger partial charge is 0.186 e. The molecule has 0 bridgehead atoms. The number of aromatic hydroxyl groups is 2. The van der Waals surface area contributed by atoms with Gasteiger partial charge in [-0.25, -0.2) is 0 Å². The molecule has 1 fully saturated rings. The highest BCUT2D eigenvalue weighted by molar-refractivity contribution is 5.53. The van der Waals surface area contributed by atoms with Gasteiger partial charge in [-0.15, -0.1) is 0 Å². The Balaban J connectivity index is 1.73. The zero-order chi connectivity index (χ0) is 25.3. The lowest BCUT2D eigenvalue weighted by Crippen LogP contribution is -2.39. The Kier molecular flexibility index (Phi) is 7.70. The van der Waals surface area contributed by atoms with Gasteiger partial charge in [0.25, 0.3) is 0 Å². The summed E-state index contributed by atoms with van der Waals surface area (Å²) in [6, 6.07) is 8.34. The van der Waals surface area contributed by atoms with Crippen LogP contribution in [0.15, 0.2) is 30.3 Å². The van der Waals surface area contributed by atoms with Crippen molar-refractivity contribution in [3.05, 3.63) is 47.0 Å². The van der Waals surface area contributed by atoms with Gasteiger partial charge in [-0.1, -0.05) is 6.07 Å². The van der Waals surface area contributed by atoms with Gasteiger partial charge in [0.1, 0.15) is 18.3 Å². The number of phenolic OH excluding ortho intramolecular Hbond substituents is 2. The van der Waals surface area contributed by atoms with Crippen molar-refractivity contribution >= 4 is 0 Å². The van der Waals surface area contributed by atoms with E-state index < -0.39 is 31.2 Å². The minimum atomic E-state index is -1.34.